The number of rotatable bonds is 13. The second-order valence-corrected chi connectivity index (χ2v) is 15.2. The van der Waals surface area contributed by atoms with E-state index in [4.69, 9.17) is 4.74 Å². The summed E-state index contributed by atoms with van der Waals surface area (Å²) < 4.78 is 5.55. The van der Waals surface area contributed by atoms with Gasteiger partial charge in [-0.15, -0.1) is 0 Å². The van der Waals surface area contributed by atoms with E-state index in [9.17, 15) is 19.2 Å². The number of benzene rings is 3. The van der Waals surface area contributed by atoms with Crippen LogP contribution in [0, 0.1) is 5.92 Å². The molecule has 4 fully saturated rings. The Morgan fingerprint density at radius 3 is 2.19 bits per heavy atom. The Morgan fingerprint density at radius 2 is 1.50 bits per heavy atom. The quantitative estimate of drug-likeness (QED) is 0.210. The lowest BCUT2D eigenvalue weighted by Gasteiger charge is -2.52. The van der Waals surface area contributed by atoms with Crippen molar-refractivity contribution in [1.82, 2.24) is 24.9 Å². The SMILES string of the molecule is C[C@H](NC(=O)[C@@H](CC(=O)N1CCC(CCN2CCCCC2)CC1)N1C(=O)[C@@H](N2C(=O)OC[C@@H]2c2ccccc2)[C@H]1/C=C/c1ccccc1)c1ccccc1. The van der Waals surface area contributed by atoms with Crippen molar-refractivity contribution >= 4 is 29.9 Å². The van der Waals surface area contributed by atoms with Gasteiger partial charge in [-0.2, -0.15) is 0 Å². The Kier molecular flexibility index (Phi) is 12.1. The fourth-order valence-corrected chi connectivity index (χ4v) is 8.57. The number of likely N-dealkylation sites (tertiary alicyclic amines) is 3. The van der Waals surface area contributed by atoms with Crippen LogP contribution >= 0.6 is 0 Å². The normalized spacial score (nSPS) is 23.6. The number of nitrogens with zero attached hydrogens (tertiary/aromatic N) is 4. The number of piperidine rings is 2. The van der Waals surface area contributed by atoms with Crippen LogP contribution in [0.3, 0.4) is 0 Å². The summed E-state index contributed by atoms with van der Waals surface area (Å²) >= 11 is 0. The van der Waals surface area contributed by atoms with Gasteiger partial charge in [0.1, 0.15) is 18.7 Å². The Labute approximate surface area is 319 Å². The van der Waals surface area contributed by atoms with Gasteiger partial charge in [-0.05, 0) is 81.3 Å². The average molecular weight is 732 g/mol. The zero-order valence-corrected chi connectivity index (χ0v) is 31.3. The Hall–Kier alpha value is -4.96. The molecule has 0 radical (unpaired) electrons. The number of ether oxygens (including phenoxy) is 1. The van der Waals surface area contributed by atoms with Gasteiger partial charge in [0.05, 0.1) is 24.5 Å². The van der Waals surface area contributed by atoms with Crippen LogP contribution in [0.25, 0.3) is 6.08 Å². The molecule has 10 heteroatoms. The maximum absolute atomic E-state index is 14.5. The fraction of sp³-hybridized carbons (Fsp3) is 0.455. The first-order valence-corrected chi connectivity index (χ1v) is 19.8. The van der Waals surface area contributed by atoms with Gasteiger partial charge in [-0.1, -0.05) is 110 Å². The van der Waals surface area contributed by atoms with E-state index in [-0.39, 0.29) is 30.9 Å². The molecule has 4 aliphatic rings. The van der Waals surface area contributed by atoms with Crippen molar-refractivity contribution in [2.45, 2.75) is 82.1 Å². The highest BCUT2D eigenvalue weighted by Gasteiger charge is 2.58. The zero-order chi connectivity index (χ0) is 37.4. The summed E-state index contributed by atoms with van der Waals surface area (Å²) in [4.78, 5) is 63.9. The van der Waals surface area contributed by atoms with Crippen LogP contribution in [-0.4, -0.2) is 101 Å². The molecule has 284 valence electrons. The van der Waals surface area contributed by atoms with Gasteiger partial charge in [0.25, 0.3) is 0 Å². The minimum atomic E-state index is -1.08. The zero-order valence-electron chi connectivity index (χ0n) is 31.3. The van der Waals surface area contributed by atoms with Crippen molar-refractivity contribution < 1.29 is 23.9 Å². The molecule has 3 aromatic rings. The van der Waals surface area contributed by atoms with Gasteiger partial charge in [0.15, 0.2) is 0 Å². The van der Waals surface area contributed by atoms with Crippen molar-refractivity contribution in [3.63, 3.8) is 0 Å². The molecule has 0 aromatic heterocycles. The van der Waals surface area contributed by atoms with Crippen LogP contribution in [0.15, 0.2) is 97.1 Å². The van der Waals surface area contributed by atoms with E-state index < -0.39 is 36.2 Å². The number of amides is 4. The number of β-lactam (4-membered cyclic amide) rings is 1. The molecule has 0 aliphatic carbocycles. The highest BCUT2D eigenvalue weighted by atomic mass is 16.6. The van der Waals surface area contributed by atoms with Crippen LogP contribution in [0.1, 0.15) is 80.6 Å². The highest BCUT2D eigenvalue weighted by Crippen LogP contribution is 2.39. The highest BCUT2D eigenvalue weighted by molar-refractivity contribution is 5.99. The molecule has 1 N–H and O–H groups in total. The first-order valence-electron chi connectivity index (χ1n) is 19.8. The largest absolute Gasteiger partial charge is 0.447 e. The summed E-state index contributed by atoms with van der Waals surface area (Å²) in [5.74, 6) is -0.342. The van der Waals surface area contributed by atoms with Gasteiger partial charge in [-0.3, -0.25) is 19.3 Å². The third-order valence-electron chi connectivity index (χ3n) is 11.8. The monoisotopic (exact) mass is 731 g/mol. The molecule has 4 heterocycles. The van der Waals surface area contributed by atoms with E-state index in [2.05, 4.69) is 10.2 Å². The summed E-state index contributed by atoms with van der Waals surface area (Å²) in [5.41, 5.74) is 2.69. The van der Waals surface area contributed by atoms with Crippen molar-refractivity contribution in [1.29, 1.82) is 0 Å². The van der Waals surface area contributed by atoms with Crippen molar-refractivity contribution in [3.05, 3.63) is 114 Å². The van der Waals surface area contributed by atoms with E-state index in [0.29, 0.717) is 19.0 Å². The standard InChI is InChI=1S/C44H53N5O5/c1-32(35-16-8-3-9-17-35)45-42(51)38(30-40(50)47-28-23-34(24-29-47)22-27-46-25-12-5-13-26-46)48-37(21-20-33-14-6-2-7-15-33)41(43(48)52)49-39(31-54-44(49)53)36-18-10-4-11-19-36/h2-4,6-11,14-21,32,34,37-39,41H,5,12-13,22-31H2,1H3,(H,45,51)/b21-20+/t32-,37+,38+,39+,41-/m0/s1. The topological polar surface area (TPSA) is 103 Å². The number of hydrogen-bond acceptors (Lipinski definition) is 6. The van der Waals surface area contributed by atoms with Gasteiger partial charge in [-0.25, -0.2) is 4.79 Å². The minimum Gasteiger partial charge on any atom is -0.447 e. The Morgan fingerprint density at radius 1 is 0.852 bits per heavy atom. The van der Waals surface area contributed by atoms with Gasteiger partial charge in [0, 0.05) is 13.1 Å². The maximum Gasteiger partial charge on any atom is 0.411 e. The molecule has 7 rings (SSSR count). The second kappa shape index (κ2) is 17.5. The van der Waals surface area contributed by atoms with Crippen LogP contribution < -0.4 is 5.32 Å². The van der Waals surface area contributed by atoms with Crippen molar-refractivity contribution in [2.75, 3.05) is 39.3 Å². The number of hydrogen-bond donors (Lipinski definition) is 1. The molecule has 54 heavy (non-hydrogen) atoms. The number of carbonyl (C=O) groups is 4. The fourth-order valence-electron chi connectivity index (χ4n) is 8.57. The molecule has 3 aromatic carbocycles. The number of cyclic esters (lactones) is 1. The third kappa shape index (κ3) is 8.54. The van der Waals surface area contributed by atoms with Crippen molar-refractivity contribution in [3.8, 4) is 0 Å². The average Bonchev–Trinajstić information content (AvgIpc) is 3.59. The summed E-state index contributed by atoms with van der Waals surface area (Å²) in [5, 5.41) is 3.11. The van der Waals surface area contributed by atoms with E-state index in [1.54, 1.807) is 0 Å². The lowest BCUT2D eigenvalue weighted by molar-refractivity contribution is -0.164. The molecule has 0 spiro atoms. The van der Waals surface area contributed by atoms with Crippen LogP contribution in [0.4, 0.5) is 4.79 Å². The molecule has 0 unspecified atom stereocenters. The van der Waals surface area contributed by atoms with Gasteiger partial charge in [0.2, 0.25) is 17.7 Å². The summed E-state index contributed by atoms with van der Waals surface area (Å²) in [7, 11) is 0. The molecular weight excluding hydrogens is 679 g/mol. The lowest BCUT2D eigenvalue weighted by atomic mass is 9.87. The van der Waals surface area contributed by atoms with Gasteiger partial charge >= 0.3 is 6.09 Å². The predicted octanol–water partition coefficient (Wildman–Crippen LogP) is 6.22. The first kappa shape index (κ1) is 37.4. The Bertz CT molecular complexity index is 1760. The van der Waals surface area contributed by atoms with Crippen molar-refractivity contribution in [2.24, 2.45) is 5.92 Å². The maximum atomic E-state index is 14.5. The molecular formula is C44H53N5O5. The van der Waals surface area contributed by atoms with E-state index >= 15 is 0 Å². The first-order chi connectivity index (χ1) is 26.4. The molecule has 4 aliphatic heterocycles. The molecule has 4 saturated heterocycles. The molecule has 4 amide bonds. The summed E-state index contributed by atoms with van der Waals surface area (Å²) in [6.07, 6.45) is 9.99. The van der Waals surface area contributed by atoms with Crippen LogP contribution in [0.2, 0.25) is 0 Å². The summed E-state index contributed by atoms with van der Waals surface area (Å²) in [6, 6.07) is 25.4. The Balaban J connectivity index is 1.13. The molecule has 0 saturated carbocycles. The third-order valence-corrected chi connectivity index (χ3v) is 11.8. The number of nitrogens with one attached hydrogen (secondary N) is 1. The van der Waals surface area contributed by atoms with Gasteiger partial charge < -0.3 is 24.8 Å². The van der Waals surface area contributed by atoms with E-state index in [1.807, 2.05) is 115 Å². The van der Waals surface area contributed by atoms with E-state index in [1.165, 1.54) is 42.2 Å². The molecule has 0 bridgehead atoms. The summed E-state index contributed by atoms with van der Waals surface area (Å²) in [6.45, 7) is 6.80. The lowest BCUT2D eigenvalue weighted by Crippen LogP contribution is -2.74. The predicted molar refractivity (Wildman–Crippen MR) is 208 cm³/mol. The molecule has 5 atom stereocenters. The second-order valence-electron chi connectivity index (χ2n) is 15.2. The van der Waals surface area contributed by atoms with Crippen LogP contribution in [-0.2, 0) is 19.1 Å². The molecule has 10 nitrogen and oxygen atoms in total. The number of carbonyl (C=O) groups excluding carboxylic acids is 4. The smallest absolute Gasteiger partial charge is 0.411 e. The van der Waals surface area contributed by atoms with Crippen LogP contribution in [0.5, 0.6) is 0 Å². The minimum absolute atomic E-state index is 0.118. The van der Waals surface area contributed by atoms with E-state index in [0.717, 1.165) is 42.5 Å².